The highest BCUT2D eigenvalue weighted by molar-refractivity contribution is 6.09. The van der Waals surface area contributed by atoms with Crippen molar-refractivity contribution in [2.24, 2.45) is 0 Å². The average molecular weight is 286 g/mol. The second-order valence-corrected chi connectivity index (χ2v) is 4.80. The second kappa shape index (κ2) is 6.39. The van der Waals surface area contributed by atoms with Gasteiger partial charge in [-0.2, -0.15) is 0 Å². The molecule has 21 heavy (non-hydrogen) atoms. The fraction of sp³-hybridized carbons (Fsp3) is 0.235. The van der Waals surface area contributed by atoms with Gasteiger partial charge in [-0.15, -0.1) is 0 Å². The first-order chi connectivity index (χ1) is 10.1. The molecule has 0 aromatic heterocycles. The summed E-state index contributed by atoms with van der Waals surface area (Å²) in [6, 6.07) is 11.9. The predicted octanol–water partition coefficient (Wildman–Crippen LogP) is 3.84. The van der Waals surface area contributed by atoms with E-state index in [0.29, 0.717) is 17.8 Å². The number of halogens is 1. The van der Waals surface area contributed by atoms with Gasteiger partial charge in [0.1, 0.15) is 5.82 Å². The van der Waals surface area contributed by atoms with Crippen molar-refractivity contribution >= 4 is 17.3 Å². The number of carbonyl (C=O) groups is 1. The van der Waals surface area contributed by atoms with Crippen LogP contribution in [-0.2, 0) is 0 Å². The van der Waals surface area contributed by atoms with Crippen LogP contribution < -0.4 is 10.2 Å². The van der Waals surface area contributed by atoms with Gasteiger partial charge in [0.15, 0.2) is 0 Å². The van der Waals surface area contributed by atoms with Crippen LogP contribution in [-0.4, -0.2) is 19.5 Å². The van der Waals surface area contributed by atoms with Crippen LogP contribution in [0.25, 0.3) is 0 Å². The molecule has 0 fully saturated rings. The first kappa shape index (κ1) is 15.0. The Hall–Kier alpha value is -2.36. The van der Waals surface area contributed by atoms with Gasteiger partial charge in [0.25, 0.3) is 5.91 Å². The first-order valence-electron chi connectivity index (χ1n) is 6.93. The quantitative estimate of drug-likeness (QED) is 0.926. The number of anilines is 2. The molecule has 0 heterocycles. The number of benzene rings is 2. The minimum atomic E-state index is -0.397. The zero-order valence-corrected chi connectivity index (χ0v) is 12.5. The Morgan fingerprint density at radius 1 is 1.24 bits per heavy atom. The molecule has 4 heteroatoms. The second-order valence-electron chi connectivity index (χ2n) is 4.80. The summed E-state index contributed by atoms with van der Waals surface area (Å²) in [6.45, 7) is 4.19. The first-order valence-corrected chi connectivity index (χ1v) is 6.93. The summed E-state index contributed by atoms with van der Waals surface area (Å²) in [5.74, 6) is -0.613. The van der Waals surface area contributed by atoms with Gasteiger partial charge in [0.05, 0.1) is 11.3 Å². The Morgan fingerprint density at radius 3 is 2.57 bits per heavy atom. The van der Waals surface area contributed by atoms with Crippen LogP contribution >= 0.6 is 0 Å². The third-order valence-corrected chi connectivity index (χ3v) is 3.38. The van der Waals surface area contributed by atoms with E-state index in [2.05, 4.69) is 5.32 Å². The molecule has 0 saturated carbocycles. The maximum atomic E-state index is 13.9. The Balaban J connectivity index is 2.44. The van der Waals surface area contributed by atoms with E-state index >= 15 is 0 Å². The normalized spacial score (nSPS) is 10.3. The highest BCUT2D eigenvalue weighted by Crippen LogP contribution is 2.24. The van der Waals surface area contributed by atoms with Crippen molar-refractivity contribution in [3.63, 3.8) is 0 Å². The van der Waals surface area contributed by atoms with E-state index in [1.54, 1.807) is 31.3 Å². The van der Waals surface area contributed by atoms with Crippen LogP contribution in [0.5, 0.6) is 0 Å². The van der Waals surface area contributed by atoms with Crippen molar-refractivity contribution in [2.75, 3.05) is 23.8 Å². The van der Waals surface area contributed by atoms with Crippen molar-refractivity contribution in [3.8, 4) is 0 Å². The highest BCUT2D eigenvalue weighted by Gasteiger charge is 2.21. The highest BCUT2D eigenvalue weighted by atomic mass is 19.1. The summed E-state index contributed by atoms with van der Waals surface area (Å²) in [5, 5.41) is 3.02. The number of hydrogen-bond acceptors (Lipinski definition) is 2. The predicted molar refractivity (Wildman–Crippen MR) is 84.5 cm³/mol. The number of nitrogens with one attached hydrogen (secondary N) is 1. The van der Waals surface area contributed by atoms with Gasteiger partial charge in [0, 0.05) is 19.3 Å². The maximum absolute atomic E-state index is 13.9. The van der Waals surface area contributed by atoms with E-state index in [9.17, 15) is 9.18 Å². The lowest BCUT2D eigenvalue weighted by atomic mass is 10.1. The fourth-order valence-corrected chi connectivity index (χ4v) is 2.29. The largest absolute Gasteiger partial charge is 0.387 e. The van der Waals surface area contributed by atoms with Gasteiger partial charge in [-0.05, 0) is 43.7 Å². The number of carbonyl (C=O) groups excluding carboxylic acids is 1. The molecule has 0 aliphatic rings. The van der Waals surface area contributed by atoms with Gasteiger partial charge in [-0.1, -0.05) is 18.2 Å². The Bertz CT molecular complexity index is 655. The Kier molecular flexibility index (Phi) is 4.58. The van der Waals surface area contributed by atoms with Crippen molar-refractivity contribution in [1.82, 2.24) is 0 Å². The van der Waals surface area contributed by atoms with E-state index in [4.69, 9.17) is 0 Å². The molecule has 1 amide bonds. The van der Waals surface area contributed by atoms with Gasteiger partial charge >= 0.3 is 0 Å². The summed E-state index contributed by atoms with van der Waals surface area (Å²) in [6.07, 6.45) is 0. The van der Waals surface area contributed by atoms with Crippen molar-refractivity contribution in [3.05, 3.63) is 59.4 Å². The average Bonchev–Trinajstić information content (AvgIpc) is 2.49. The minimum absolute atomic E-state index is 0.216. The van der Waals surface area contributed by atoms with Crippen LogP contribution in [0.3, 0.4) is 0 Å². The van der Waals surface area contributed by atoms with Crippen molar-refractivity contribution < 1.29 is 9.18 Å². The Morgan fingerprint density at radius 2 is 1.95 bits per heavy atom. The molecule has 2 aromatic carbocycles. The van der Waals surface area contributed by atoms with Crippen LogP contribution in [0.1, 0.15) is 22.8 Å². The number of aryl methyl sites for hydroxylation is 1. The van der Waals surface area contributed by atoms with Crippen LogP contribution in [0, 0.1) is 12.7 Å². The molecule has 0 bridgehead atoms. The van der Waals surface area contributed by atoms with Crippen LogP contribution in [0.2, 0.25) is 0 Å². The monoisotopic (exact) mass is 286 g/mol. The summed E-state index contributed by atoms with van der Waals surface area (Å²) >= 11 is 0. The number of nitrogens with zero attached hydrogens (tertiary/aromatic N) is 1. The molecule has 3 nitrogen and oxygen atoms in total. The molecule has 0 saturated heterocycles. The lowest BCUT2D eigenvalue weighted by molar-refractivity contribution is 0.0988. The smallest absolute Gasteiger partial charge is 0.260 e. The molecule has 110 valence electrons. The lowest BCUT2D eigenvalue weighted by Crippen LogP contribution is -2.31. The molecule has 1 N–H and O–H groups in total. The van der Waals surface area contributed by atoms with Crippen molar-refractivity contribution in [2.45, 2.75) is 13.8 Å². The minimum Gasteiger partial charge on any atom is -0.387 e. The maximum Gasteiger partial charge on any atom is 0.260 e. The molecular formula is C17H19FN2O. The van der Waals surface area contributed by atoms with Crippen molar-refractivity contribution in [1.29, 1.82) is 0 Å². The lowest BCUT2D eigenvalue weighted by Gasteiger charge is -2.23. The van der Waals surface area contributed by atoms with E-state index in [1.807, 2.05) is 26.0 Å². The van der Waals surface area contributed by atoms with E-state index in [-0.39, 0.29) is 5.91 Å². The topological polar surface area (TPSA) is 32.3 Å². The third-order valence-electron chi connectivity index (χ3n) is 3.38. The molecule has 2 rings (SSSR count). The van der Waals surface area contributed by atoms with Gasteiger partial charge in [-0.3, -0.25) is 4.79 Å². The molecular weight excluding hydrogens is 267 g/mol. The SMILES string of the molecule is CCN(C(=O)c1ccc(C)cc1NC)c1ccccc1F. The number of para-hydroxylation sites is 1. The number of hydrogen-bond donors (Lipinski definition) is 1. The van der Waals surface area contributed by atoms with Crippen LogP contribution in [0.15, 0.2) is 42.5 Å². The van der Waals surface area contributed by atoms with E-state index < -0.39 is 5.82 Å². The Labute approximate surface area is 124 Å². The van der Waals surface area contributed by atoms with E-state index in [1.165, 1.54) is 11.0 Å². The summed E-state index contributed by atoms with van der Waals surface area (Å²) in [4.78, 5) is 14.2. The fourth-order valence-electron chi connectivity index (χ4n) is 2.29. The molecule has 0 unspecified atom stereocenters. The zero-order valence-electron chi connectivity index (χ0n) is 12.5. The summed E-state index contributed by atoms with van der Waals surface area (Å²) < 4.78 is 13.9. The molecule has 0 aliphatic heterocycles. The molecule has 0 spiro atoms. The van der Waals surface area contributed by atoms with Crippen LogP contribution in [0.4, 0.5) is 15.8 Å². The standard InChI is InChI=1S/C17H19FN2O/c1-4-20(16-8-6-5-7-14(16)18)17(21)13-10-9-12(2)11-15(13)19-3/h5-11,19H,4H2,1-3H3. The number of amides is 1. The molecule has 0 atom stereocenters. The number of rotatable bonds is 4. The molecule has 2 aromatic rings. The van der Waals surface area contributed by atoms with E-state index in [0.717, 1.165) is 11.3 Å². The molecule has 0 aliphatic carbocycles. The summed E-state index contributed by atoms with van der Waals surface area (Å²) in [5.41, 5.74) is 2.64. The third kappa shape index (κ3) is 3.05. The summed E-state index contributed by atoms with van der Waals surface area (Å²) in [7, 11) is 1.77. The van der Waals surface area contributed by atoms with Gasteiger partial charge < -0.3 is 10.2 Å². The molecule has 0 radical (unpaired) electrons. The van der Waals surface area contributed by atoms with Gasteiger partial charge in [0.2, 0.25) is 0 Å². The zero-order chi connectivity index (χ0) is 15.4. The van der Waals surface area contributed by atoms with Gasteiger partial charge in [-0.25, -0.2) is 4.39 Å².